The number of nitrogens with one attached hydrogen (secondary N) is 2. The molecule has 5 heteroatoms. The normalized spacial score (nSPS) is 10.3. The van der Waals surface area contributed by atoms with E-state index in [4.69, 9.17) is 16.3 Å². The standard InChI is InChI=1S/C13H19ClN2O2/c1-9(2)16-13(17)15-6-7-18-12-5-4-11(14)8-10(12)3/h4-5,8-9H,6-7H2,1-3H3,(H2,15,16,17). The maximum atomic E-state index is 11.3. The number of halogens is 1. The van der Waals surface area contributed by atoms with Gasteiger partial charge in [-0.2, -0.15) is 0 Å². The van der Waals surface area contributed by atoms with Crippen LogP contribution in [0.5, 0.6) is 5.75 Å². The van der Waals surface area contributed by atoms with Gasteiger partial charge in [0.25, 0.3) is 0 Å². The highest BCUT2D eigenvalue weighted by atomic mass is 35.5. The van der Waals surface area contributed by atoms with Crippen molar-refractivity contribution < 1.29 is 9.53 Å². The van der Waals surface area contributed by atoms with Crippen LogP contribution in [0.1, 0.15) is 19.4 Å². The van der Waals surface area contributed by atoms with Crippen LogP contribution in [-0.4, -0.2) is 25.2 Å². The maximum Gasteiger partial charge on any atom is 0.315 e. The van der Waals surface area contributed by atoms with Crippen molar-refractivity contribution in [3.05, 3.63) is 28.8 Å². The second-order valence-electron chi connectivity index (χ2n) is 4.31. The maximum absolute atomic E-state index is 11.3. The first kappa shape index (κ1) is 14.6. The summed E-state index contributed by atoms with van der Waals surface area (Å²) in [4.78, 5) is 11.3. The zero-order valence-corrected chi connectivity index (χ0v) is 11.7. The molecule has 0 aliphatic heterocycles. The van der Waals surface area contributed by atoms with Gasteiger partial charge in [0, 0.05) is 11.1 Å². The van der Waals surface area contributed by atoms with Crippen molar-refractivity contribution in [3.8, 4) is 5.75 Å². The zero-order chi connectivity index (χ0) is 13.5. The Morgan fingerprint density at radius 3 is 2.78 bits per heavy atom. The van der Waals surface area contributed by atoms with Crippen LogP contribution in [0.4, 0.5) is 4.79 Å². The second-order valence-corrected chi connectivity index (χ2v) is 4.75. The van der Waals surface area contributed by atoms with Crippen molar-refractivity contribution in [1.29, 1.82) is 0 Å². The summed E-state index contributed by atoms with van der Waals surface area (Å²) in [6, 6.07) is 5.40. The molecule has 1 aromatic rings. The lowest BCUT2D eigenvalue weighted by Gasteiger charge is -2.12. The van der Waals surface area contributed by atoms with Gasteiger partial charge in [0.05, 0.1) is 6.54 Å². The highest BCUT2D eigenvalue weighted by Crippen LogP contribution is 2.21. The smallest absolute Gasteiger partial charge is 0.315 e. The monoisotopic (exact) mass is 270 g/mol. The topological polar surface area (TPSA) is 50.4 Å². The van der Waals surface area contributed by atoms with Gasteiger partial charge in [-0.15, -0.1) is 0 Å². The molecular weight excluding hydrogens is 252 g/mol. The predicted molar refractivity (Wildman–Crippen MR) is 73.4 cm³/mol. The van der Waals surface area contributed by atoms with Crippen LogP contribution in [0, 0.1) is 6.92 Å². The number of hydrogen-bond acceptors (Lipinski definition) is 2. The fourth-order valence-electron chi connectivity index (χ4n) is 1.41. The van der Waals surface area contributed by atoms with Gasteiger partial charge >= 0.3 is 6.03 Å². The minimum Gasteiger partial charge on any atom is -0.491 e. The summed E-state index contributed by atoms with van der Waals surface area (Å²) in [5, 5.41) is 6.14. The molecule has 4 nitrogen and oxygen atoms in total. The fraction of sp³-hybridized carbons (Fsp3) is 0.462. The average molecular weight is 271 g/mol. The van der Waals surface area contributed by atoms with E-state index in [9.17, 15) is 4.79 Å². The molecule has 0 atom stereocenters. The molecule has 0 unspecified atom stereocenters. The molecule has 2 N–H and O–H groups in total. The molecular formula is C13H19ClN2O2. The summed E-state index contributed by atoms with van der Waals surface area (Å²) in [6.45, 7) is 6.63. The molecule has 18 heavy (non-hydrogen) atoms. The van der Waals surface area contributed by atoms with E-state index in [1.807, 2.05) is 32.9 Å². The Labute approximate surface area is 113 Å². The number of urea groups is 1. The van der Waals surface area contributed by atoms with E-state index in [1.54, 1.807) is 6.07 Å². The summed E-state index contributed by atoms with van der Waals surface area (Å²) >= 11 is 5.85. The van der Waals surface area contributed by atoms with Gasteiger partial charge in [-0.1, -0.05) is 11.6 Å². The van der Waals surface area contributed by atoms with Gasteiger partial charge in [0.1, 0.15) is 12.4 Å². The molecule has 0 saturated heterocycles. The van der Waals surface area contributed by atoms with Crippen molar-refractivity contribution >= 4 is 17.6 Å². The number of ether oxygens (including phenoxy) is 1. The SMILES string of the molecule is Cc1cc(Cl)ccc1OCCNC(=O)NC(C)C. The van der Waals surface area contributed by atoms with E-state index in [2.05, 4.69) is 10.6 Å². The quantitative estimate of drug-likeness (QED) is 0.809. The van der Waals surface area contributed by atoms with Crippen molar-refractivity contribution in [2.45, 2.75) is 26.8 Å². The number of carbonyl (C=O) groups excluding carboxylic acids is 1. The van der Waals surface area contributed by atoms with E-state index in [1.165, 1.54) is 0 Å². The number of benzene rings is 1. The molecule has 0 radical (unpaired) electrons. The predicted octanol–water partition coefficient (Wildman–Crippen LogP) is 2.73. The lowest BCUT2D eigenvalue weighted by Crippen LogP contribution is -2.41. The van der Waals surface area contributed by atoms with Crippen LogP contribution in [0.15, 0.2) is 18.2 Å². The summed E-state index contributed by atoms with van der Waals surface area (Å²) in [6.07, 6.45) is 0. The van der Waals surface area contributed by atoms with Crippen LogP contribution >= 0.6 is 11.6 Å². The van der Waals surface area contributed by atoms with Gasteiger partial charge in [0.2, 0.25) is 0 Å². The number of aryl methyl sites for hydroxylation is 1. The third kappa shape index (κ3) is 5.27. The Kier molecular flexibility index (Phi) is 5.78. The summed E-state index contributed by atoms with van der Waals surface area (Å²) in [5.41, 5.74) is 0.981. The number of rotatable bonds is 5. The van der Waals surface area contributed by atoms with Crippen LogP contribution < -0.4 is 15.4 Å². The van der Waals surface area contributed by atoms with Crippen LogP contribution in [0.25, 0.3) is 0 Å². The Morgan fingerprint density at radius 1 is 1.44 bits per heavy atom. The number of amides is 2. The zero-order valence-electron chi connectivity index (χ0n) is 10.9. The van der Waals surface area contributed by atoms with Crippen molar-refractivity contribution in [2.75, 3.05) is 13.2 Å². The van der Waals surface area contributed by atoms with Gasteiger partial charge in [0.15, 0.2) is 0 Å². The Balaban J connectivity index is 2.27. The molecule has 0 bridgehead atoms. The molecule has 100 valence electrons. The first-order valence-electron chi connectivity index (χ1n) is 5.92. The summed E-state index contributed by atoms with van der Waals surface area (Å²) in [7, 11) is 0. The van der Waals surface area contributed by atoms with Gasteiger partial charge < -0.3 is 15.4 Å². The highest BCUT2D eigenvalue weighted by Gasteiger charge is 2.02. The summed E-state index contributed by atoms with van der Waals surface area (Å²) < 4.78 is 5.55. The van der Waals surface area contributed by atoms with Crippen LogP contribution in [0.2, 0.25) is 5.02 Å². The molecule has 0 fully saturated rings. The second kappa shape index (κ2) is 7.11. The molecule has 0 aromatic heterocycles. The van der Waals surface area contributed by atoms with Gasteiger partial charge in [-0.25, -0.2) is 4.79 Å². The molecule has 0 aliphatic rings. The van der Waals surface area contributed by atoms with E-state index >= 15 is 0 Å². The Bertz CT molecular complexity index is 408. The Morgan fingerprint density at radius 2 is 2.17 bits per heavy atom. The molecule has 0 spiro atoms. The van der Waals surface area contributed by atoms with Gasteiger partial charge in [-0.05, 0) is 44.5 Å². The van der Waals surface area contributed by atoms with E-state index < -0.39 is 0 Å². The van der Waals surface area contributed by atoms with Crippen molar-refractivity contribution in [3.63, 3.8) is 0 Å². The highest BCUT2D eigenvalue weighted by molar-refractivity contribution is 6.30. The van der Waals surface area contributed by atoms with E-state index in [0.717, 1.165) is 11.3 Å². The van der Waals surface area contributed by atoms with E-state index in [0.29, 0.717) is 18.2 Å². The third-order valence-corrected chi connectivity index (χ3v) is 2.44. The van der Waals surface area contributed by atoms with Crippen LogP contribution in [0.3, 0.4) is 0 Å². The minimum atomic E-state index is -0.179. The average Bonchev–Trinajstić information content (AvgIpc) is 2.25. The van der Waals surface area contributed by atoms with Crippen molar-refractivity contribution in [1.82, 2.24) is 10.6 Å². The Hall–Kier alpha value is -1.42. The molecule has 0 saturated carbocycles. The molecule has 2 amide bonds. The third-order valence-electron chi connectivity index (χ3n) is 2.20. The van der Waals surface area contributed by atoms with Gasteiger partial charge in [-0.3, -0.25) is 0 Å². The lowest BCUT2D eigenvalue weighted by molar-refractivity contribution is 0.234. The summed E-state index contributed by atoms with van der Waals surface area (Å²) in [5.74, 6) is 0.783. The molecule has 0 aliphatic carbocycles. The lowest BCUT2D eigenvalue weighted by atomic mass is 10.2. The first-order chi connectivity index (χ1) is 8.49. The first-order valence-corrected chi connectivity index (χ1v) is 6.30. The minimum absolute atomic E-state index is 0.129. The fourth-order valence-corrected chi connectivity index (χ4v) is 1.64. The molecule has 0 heterocycles. The van der Waals surface area contributed by atoms with Crippen LogP contribution in [-0.2, 0) is 0 Å². The number of hydrogen-bond donors (Lipinski definition) is 2. The van der Waals surface area contributed by atoms with E-state index in [-0.39, 0.29) is 12.1 Å². The molecule has 1 aromatic carbocycles. The number of carbonyl (C=O) groups is 1. The largest absolute Gasteiger partial charge is 0.491 e. The molecule has 1 rings (SSSR count). The van der Waals surface area contributed by atoms with Crippen molar-refractivity contribution in [2.24, 2.45) is 0 Å².